The normalized spacial score (nSPS) is 28.1. The number of rotatable bonds is 5. The Morgan fingerprint density at radius 2 is 1.57 bits per heavy atom. The predicted molar refractivity (Wildman–Crippen MR) is 86.8 cm³/mol. The van der Waals surface area contributed by atoms with Gasteiger partial charge in [-0.3, -0.25) is 9.59 Å². The number of alkyl halides is 1. The number of halogens is 1. The second kappa shape index (κ2) is 6.43. The molecule has 0 spiro atoms. The van der Waals surface area contributed by atoms with Gasteiger partial charge in [-0.2, -0.15) is 0 Å². The highest BCUT2D eigenvalue weighted by Gasteiger charge is 2.47. The third kappa shape index (κ3) is 2.98. The summed E-state index contributed by atoms with van der Waals surface area (Å²) in [4.78, 5) is 24.9. The van der Waals surface area contributed by atoms with Crippen LogP contribution in [0.5, 0.6) is 0 Å². The van der Waals surface area contributed by atoms with Crippen LogP contribution >= 0.6 is 15.9 Å². The van der Waals surface area contributed by atoms with Gasteiger partial charge in [0.05, 0.1) is 0 Å². The smallest absolute Gasteiger partial charge is 0.150 e. The summed E-state index contributed by atoms with van der Waals surface area (Å²) < 4.78 is 0. The van der Waals surface area contributed by atoms with Gasteiger partial charge in [0.15, 0.2) is 11.6 Å². The Labute approximate surface area is 134 Å². The highest BCUT2D eigenvalue weighted by atomic mass is 79.9. The minimum atomic E-state index is -0.479. The van der Waals surface area contributed by atoms with Gasteiger partial charge in [-0.15, -0.1) is 0 Å². The molecule has 0 heterocycles. The lowest BCUT2D eigenvalue weighted by Crippen LogP contribution is -2.34. The second-order valence-corrected chi connectivity index (χ2v) is 7.13. The van der Waals surface area contributed by atoms with Gasteiger partial charge in [0.2, 0.25) is 0 Å². The third-order valence-electron chi connectivity index (χ3n) is 4.97. The van der Waals surface area contributed by atoms with E-state index in [-0.39, 0.29) is 23.4 Å². The zero-order valence-corrected chi connectivity index (χ0v) is 13.8. The average Bonchev–Trinajstić information content (AvgIpc) is 2.94. The van der Waals surface area contributed by atoms with Crippen molar-refractivity contribution in [2.24, 2.45) is 11.8 Å². The number of carbonyl (C=O) groups is 2. The summed E-state index contributed by atoms with van der Waals surface area (Å²) >= 11 is 3.44. The number of unbranched alkanes of at least 4 members (excludes halogenated alkanes) is 1. The zero-order chi connectivity index (χ0) is 14.8. The van der Waals surface area contributed by atoms with E-state index in [1.807, 2.05) is 12.1 Å². The standard InChI is InChI=1S/C18H21BrO2/c19-10-2-1-3-12-4-6-13(7-5-12)16-17(20)14-8-9-15(11-14)18(16)21/h4-7,14-16H,1-3,8-11H2. The van der Waals surface area contributed by atoms with Gasteiger partial charge >= 0.3 is 0 Å². The first-order valence-corrected chi connectivity index (χ1v) is 9.05. The molecule has 21 heavy (non-hydrogen) atoms. The van der Waals surface area contributed by atoms with Crippen LogP contribution in [0.25, 0.3) is 0 Å². The fraction of sp³-hybridized carbons (Fsp3) is 0.556. The topological polar surface area (TPSA) is 34.1 Å². The molecule has 112 valence electrons. The molecule has 1 aromatic rings. The van der Waals surface area contributed by atoms with E-state index >= 15 is 0 Å². The van der Waals surface area contributed by atoms with Gasteiger partial charge in [-0.05, 0) is 49.7 Å². The van der Waals surface area contributed by atoms with Crippen LogP contribution in [0.15, 0.2) is 24.3 Å². The van der Waals surface area contributed by atoms with E-state index in [0.717, 1.165) is 43.0 Å². The van der Waals surface area contributed by atoms with Crippen molar-refractivity contribution >= 4 is 27.5 Å². The fourth-order valence-electron chi connectivity index (χ4n) is 3.74. The van der Waals surface area contributed by atoms with Crippen LogP contribution in [0.3, 0.4) is 0 Å². The Morgan fingerprint density at radius 3 is 2.14 bits per heavy atom. The maximum atomic E-state index is 12.5. The summed E-state index contributed by atoms with van der Waals surface area (Å²) in [6.45, 7) is 0. The van der Waals surface area contributed by atoms with Crippen LogP contribution in [0.4, 0.5) is 0 Å². The molecule has 3 rings (SSSR count). The Kier molecular flexibility index (Phi) is 4.58. The van der Waals surface area contributed by atoms with E-state index < -0.39 is 5.92 Å². The minimum absolute atomic E-state index is 0.135. The molecular weight excluding hydrogens is 328 g/mol. The number of hydrogen-bond acceptors (Lipinski definition) is 2. The molecule has 0 amide bonds. The summed E-state index contributed by atoms with van der Waals surface area (Å²) in [7, 11) is 0. The Balaban J connectivity index is 1.74. The van der Waals surface area contributed by atoms with E-state index in [0.29, 0.717) is 0 Å². The maximum absolute atomic E-state index is 12.5. The SMILES string of the molecule is O=C1C2CCC(C2)C(=O)C1c1ccc(CCCCBr)cc1. The lowest BCUT2D eigenvalue weighted by atomic mass is 9.75. The molecule has 0 aromatic heterocycles. The molecule has 2 aliphatic carbocycles. The largest absolute Gasteiger partial charge is 0.298 e. The van der Waals surface area contributed by atoms with Gasteiger partial charge in [0.1, 0.15) is 5.92 Å². The van der Waals surface area contributed by atoms with Crippen LogP contribution in [0.2, 0.25) is 0 Å². The Bertz CT molecular complexity index is 513. The average molecular weight is 349 g/mol. The molecule has 2 aliphatic rings. The number of fused-ring (bicyclic) bond motifs is 2. The number of ketones is 2. The quantitative estimate of drug-likeness (QED) is 0.456. The van der Waals surface area contributed by atoms with Crippen LogP contribution in [0, 0.1) is 11.8 Å². The van der Waals surface area contributed by atoms with E-state index in [2.05, 4.69) is 28.1 Å². The van der Waals surface area contributed by atoms with Crippen molar-refractivity contribution in [1.82, 2.24) is 0 Å². The predicted octanol–water partition coefficient (Wildman–Crippen LogP) is 4.06. The lowest BCUT2D eigenvalue weighted by molar-refractivity contribution is -0.135. The molecule has 2 nitrogen and oxygen atoms in total. The third-order valence-corrected chi connectivity index (χ3v) is 5.53. The van der Waals surface area contributed by atoms with Gasteiger partial charge in [0, 0.05) is 17.2 Å². The summed E-state index contributed by atoms with van der Waals surface area (Å²) in [5.74, 6) is 0.127. The highest BCUT2D eigenvalue weighted by Crippen LogP contribution is 2.43. The highest BCUT2D eigenvalue weighted by molar-refractivity contribution is 9.09. The molecular formula is C18H21BrO2. The molecule has 2 atom stereocenters. The Morgan fingerprint density at radius 1 is 0.952 bits per heavy atom. The molecule has 0 aliphatic heterocycles. The zero-order valence-electron chi connectivity index (χ0n) is 12.2. The number of benzene rings is 1. The molecule has 2 unspecified atom stereocenters. The fourth-order valence-corrected chi connectivity index (χ4v) is 4.14. The molecule has 1 aromatic carbocycles. The monoisotopic (exact) mass is 348 g/mol. The van der Waals surface area contributed by atoms with Crippen LogP contribution in [0.1, 0.15) is 49.1 Å². The molecule has 0 radical (unpaired) electrons. The summed E-state index contributed by atoms with van der Waals surface area (Å²) in [6, 6.07) is 8.16. The van der Waals surface area contributed by atoms with E-state index in [1.165, 1.54) is 12.0 Å². The summed E-state index contributed by atoms with van der Waals surface area (Å²) in [5.41, 5.74) is 2.20. The van der Waals surface area contributed by atoms with Crippen molar-refractivity contribution < 1.29 is 9.59 Å². The molecule has 2 saturated carbocycles. The Hall–Kier alpha value is -0.960. The molecule has 2 fully saturated rings. The molecule has 2 bridgehead atoms. The molecule has 0 N–H and O–H groups in total. The van der Waals surface area contributed by atoms with Gasteiger partial charge in [-0.1, -0.05) is 40.2 Å². The molecule has 0 saturated heterocycles. The van der Waals surface area contributed by atoms with Gasteiger partial charge < -0.3 is 0 Å². The van der Waals surface area contributed by atoms with Crippen molar-refractivity contribution in [3.05, 3.63) is 35.4 Å². The van der Waals surface area contributed by atoms with Crippen LogP contribution in [-0.4, -0.2) is 16.9 Å². The number of Topliss-reactive ketones (excluding diaryl/α,β-unsaturated/α-hetero) is 2. The van der Waals surface area contributed by atoms with Crippen molar-refractivity contribution in [1.29, 1.82) is 0 Å². The first kappa shape index (κ1) is 15.0. The first-order valence-electron chi connectivity index (χ1n) is 7.93. The van der Waals surface area contributed by atoms with Crippen molar-refractivity contribution in [3.63, 3.8) is 0 Å². The van der Waals surface area contributed by atoms with E-state index in [4.69, 9.17) is 0 Å². The van der Waals surface area contributed by atoms with Crippen molar-refractivity contribution in [3.8, 4) is 0 Å². The van der Waals surface area contributed by atoms with Crippen molar-refractivity contribution in [2.45, 2.75) is 44.4 Å². The molecule has 3 heteroatoms. The summed E-state index contributed by atoms with van der Waals surface area (Å²) in [6.07, 6.45) is 6.02. The second-order valence-electron chi connectivity index (χ2n) is 6.33. The van der Waals surface area contributed by atoms with E-state index in [1.54, 1.807) is 0 Å². The van der Waals surface area contributed by atoms with Gasteiger partial charge in [-0.25, -0.2) is 0 Å². The number of hydrogen-bond donors (Lipinski definition) is 0. The van der Waals surface area contributed by atoms with E-state index in [9.17, 15) is 9.59 Å². The number of aryl methyl sites for hydroxylation is 1. The first-order chi connectivity index (χ1) is 10.2. The summed E-state index contributed by atoms with van der Waals surface area (Å²) in [5, 5.41) is 1.04. The van der Waals surface area contributed by atoms with Crippen molar-refractivity contribution in [2.75, 3.05) is 5.33 Å². The maximum Gasteiger partial charge on any atom is 0.150 e. The lowest BCUT2D eigenvalue weighted by Gasteiger charge is -2.25. The van der Waals surface area contributed by atoms with Crippen LogP contribution < -0.4 is 0 Å². The van der Waals surface area contributed by atoms with Crippen LogP contribution in [-0.2, 0) is 16.0 Å². The van der Waals surface area contributed by atoms with Gasteiger partial charge in [0.25, 0.3) is 0 Å². The minimum Gasteiger partial charge on any atom is -0.298 e. The number of carbonyl (C=O) groups excluding carboxylic acids is 2.